The van der Waals surface area contributed by atoms with Crippen LogP contribution < -0.4 is 20.9 Å². The number of nitrogen functional groups attached to an aromatic ring is 1. The molecule has 11 nitrogen and oxygen atoms in total. The van der Waals surface area contributed by atoms with E-state index >= 15 is 0 Å². The zero-order chi connectivity index (χ0) is 22.3. The molecule has 31 heavy (non-hydrogen) atoms. The number of nitrogens with zero attached hydrogens (tertiary/aromatic N) is 8. The van der Waals surface area contributed by atoms with Crippen LogP contribution >= 0.6 is 0 Å². The summed E-state index contributed by atoms with van der Waals surface area (Å²) >= 11 is 0. The van der Waals surface area contributed by atoms with Crippen LogP contribution in [-0.4, -0.2) is 75.4 Å². The number of aromatic nitrogens is 5. The summed E-state index contributed by atoms with van der Waals surface area (Å²) in [5, 5.41) is 8.12. The summed E-state index contributed by atoms with van der Waals surface area (Å²) in [7, 11) is 5.70. The lowest BCUT2D eigenvalue weighted by atomic mass is 10.2. The van der Waals surface area contributed by atoms with E-state index in [2.05, 4.69) is 37.2 Å². The molecule has 3 N–H and O–H groups in total. The number of hydrogen-bond donors (Lipinski definition) is 2. The molecule has 0 spiro atoms. The first-order chi connectivity index (χ1) is 14.7. The molecule has 4 rings (SSSR count). The monoisotopic (exact) mass is 424 g/mol. The highest BCUT2D eigenvalue weighted by atomic mass is 16.2. The number of anilines is 4. The third-order valence-corrected chi connectivity index (χ3v) is 5.57. The van der Waals surface area contributed by atoms with Crippen molar-refractivity contribution in [3.8, 4) is 0 Å². The van der Waals surface area contributed by atoms with Gasteiger partial charge in [-0.3, -0.25) is 4.68 Å². The van der Waals surface area contributed by atoms with Gasteiger partial charge in [0.25, 0.3) is 0 Å². The van der Waals surface area contributed by atoms with Crippen molar-refractivity contribution in [1.29, 1.82) is 0 Å². The molecule has 2 amide bonds. The van der Waals surface area contributed by atoms with Crippen LogP contribution in [0.3, 0.4) is 0 Å². The van der Waals surface area contributed by atoms with Crippen molar-refractivity contribution in [3.63, 3.8) is 0 Å². The third-order valence-electron chi connectivity index (χ3n) is 5.57. The number of rotatable bonds is 3. The minimum Gasteiger partial charge on any atom is -0.368 e. The Hall–Kier alpha value is -3.63. The van der Waals surface area contributed by atoms with Crippen LogP contribution in [0.15, 0.2) is 18.5 Å². The summed E-state index contributed by atoms with van der Waals surface area (Å²) in [4.78, 5) is 31.9. The molecule has 164 valence electrons. The summed E-state index contributed by atoms with van der Waals surface area (Å²) in [6, 6.07) is 1.87. The summed E-state index contributed by atoms with van der Waals surface area (Å²) in [6.45, 7) is 5.78. The van der Waals surface area contributed by atoms with Gasteiger partial charge in [0.2, 0.25) is 5.95 Å². The molecule has 0 unspecified atom stereocenters. The lowest BCUT2D eigenvalue weighted by molar-refractivity contribution is 0.200. The molecule has 11 heteroatoms. The Morgan fingerprint density at radius 1 is 1.26 bits per heavy atom. The predicted octanol–water partition coefficient (Wildman–Crippen LogP) is 1.46. The van der Waals surface area contributed by atoms with Crippen molar-refractivity contribution in [2.45, 2.75) is 19.9 Å². The molecule has 1 aliphatic heterocycles. The number of amides is 2. The van der Waals surface area contributed by atoms with Crippen molar-refractivity contribution >= 4 is 40.3 Å². The Labute approximate surface area is 180 Å². The fourth-order valence-electron chi connectivity index (χ4n) is 3.81. The lowest BCUT2D eigenvalue weighted by Crippen LogP contribution is -2.55. The molecule has 3 aromatic rings. The van der Waals surface area contributed by atoms with Gasteiger partial charge in [0, 0.05) is 46.8 Å². The van der Waals surface area contributed by atoms with E-state index < -0.39 is 0 Å². The highest BCUT2D eigenvalue weighted by Crippen LogP contribution is 2.28. The van der Waals surface area contributed by atoms with E-state index in [4.69, 9.17) is 5.73 Å². The Morgan fingerprint density at radius 3 is 2.71 bits per heavy atom. The number of urea groups is 1. The Bertz CT molecular complexity index is 1120. The van der Waals surface area contributed by atoms with Gasteiger partial charge in [-0.2, -0.15) is 15.1 Å². The van der Waals surface area contributed by atoms with E-state index in [0.717, 1.165) is 22.6 Å². The molecule has 3 aromatic heterocycles. The van der Waals surface area contributed by atoms with Crippen LogP contribution in [0.2, 0.25) is 0 Å². The topological polar surface area (TPSA) is 121 Å². The number of piperazine rings is 1. The van der Waals surface area contributed by atoms with Crippen LogP contribution in [0, 0.1) is 6.92 Å². The second-order valence-corrected chi connectivity index (χ2v) is 8.08. The van der Waals surface area contributed by atoms with Gasteiger partial charge in [-0.25, -0.2) is 9.78 Å². The van der Waals surface area contributed by atoms with Gasteiger partial charge < -0.3 is 25.8 Å². The maximum atomic E-state index is 12.9. The number of carbonyl (C=O) groups is 1. The summed E-state index contributed by atoms with van der Waals surface area (Å²) in [5.74, 6) is 1.81. The van der Waals surface area contributed by atoms with Gasteiger partial charge in [-0.15, -0.1) is 0 Å². The first-order valence-corrected chi connectivity index (χ1v) is 10.2. The molecule has 1 saturated heterocycles. The quantitative estimate of drug-likeness (QED) is 0.648. The second kappa shape index (κ2) is 7.89. The van der Waals surface area contributed by atoms with Gasteiger partial charge in [0.05, 0.1) is 23.5 Å². The molecule has 0 aliphatic carbocycles. The average molecular weight is 425 g/mol. The van der Waals surface area contributed by atoms with Crippen LogP contribution in [0.1, 0.15) is 12.5 Å². The predicted molar refractivity (Wildman–Crippen MR) is 121 cm³/mol. The highest BCUT2D eigenvalue weighted by Gasteiger charge is 2.29. The lowest BCUT2D eigenvalue weighted by Gasteiger charge is -2.40. The van der Waals surface area contributed by atoms with E-state index in [1.807, 2.05) is 43.9 Å². The van der Waals surface area contributed by atoms with Crippen molar-refractivity contribution < 1.29 is 4.79 Å². The van der Waals surface area contributed by atoms with Gasteiger partial charge in [0.15, 0.2) is 5.65 Å². The molecule has 0 aromatic carbocycles. The number of nitrogens with one attached hydrogen (secondary N) is 1. The summed E-state index contributed by atoms with van der Waals surface area (Å²) in [5.41, 5.74) is 8.31. The largest absolute Gasteiger partial charge is 0.368 e. The molecule has 0 radical (unpaired) electrons. The molecule has 1 aliphatic rings. The van der Waals surface area contributed by atoms with Gasteiger partial charge in [-0.1, -0.05) is 0 Å². The van der Waals surface area contributed by atoms with E-state index in [-0.39, 0.29) is 18.0 Å². The first kappa shape index (κ1) is 20.6. The number of pyridine rings is 1. The molecule has 0 saturated carbocycles. The van der Waals surface area contributed by atoms with E-state index in [1.165, 1.54) is 0 Å². The average Bonchev–Trinajstić information content (AvgIpc) is 3.09. The Kier molecular flexibility index (Phi) is 5.25. The second-order valence-electron chi connectivity index (χ2n) is 8.08. The molecular weight excluding hydrogens is 396 g/mol. The van der Waals surface area contributed by atoms with Crippen molar-refractivity contribution in [1.82, 2.24) is 29.6 Å². The zero-order valence-corrected chi connectivity index (χ0v) is 18.5. The van der Waals surface area contributed by atoms with Crippen LogP contribution in [0.4, 0.5) is 28.1 Å². The maximum absolute atomic E-state index is 12.9. The summed E-state index contributed by atoms with van der Waals surface area (Å²) < 4.78 is 1.68. The van der Waals surface area contributed by atoms with E-state index in [0.29, 0.717) is 31.0 Å². The minimum absolute atomic E-state index is 0.0487. The normalized spacial score (nSPS) is 16.6. The number of fused-ring (bicyclic) bond motifs is 1. The molecule has 0 bridgehead atoms. The van der Waals surface area contributed by atoms with Crippen molar-refractivity contribution in [3.05, 3.63) is 24.0 Å². The zero-order valence-electron chi connectivity index (χ0n) is 18.5. The Balaban J connectivity index is 1.48. The standard InChI is InChI=1S/C20H28N10O/c1-12-8-16(27(3)4)22-10-15(12)24-20(31)29-6-7-30(13(2)11-29)18-14-9-23-28(5)17(14)25-19(21)26-18/h8-10,13H,6-7,11H2,1-5H3,(H,24,31)(H2,21,25,26)/t13-/m0/s1. The summed E-state index contributed by atoms with van der Waals surface area (Å²) in [6.07, 6.45) is 3.45. The van der Waals surface area contributed by atoms with Crippen molar-refractivity contribution in [2.24, 2.45) is 7.05 Å². The smallest absolute Gasteiger partial charge is 0.322 e. The number of hydrogen-bond acceptors (Lipinski definition) is 8. The van der Waals surface area contributed by atoms with Crippen LogP contribution in [-0.2, 0) is 7.05 Å². The van der Waals surface area contributed by atoms with Crippen LogP contribution in [0.25, 0.3) is 11.0 Å². The molecular formula is C20H28N10O. The third kappa shape index (κ3) is 3.90. The SMILES string of the molecule is Cc1cc(N(C)C)ncc1NC(=O)N1CCN(c2nc(N)nc3c2cnn3C)[C@@H](C)C1. The fraction of sp³-hybridized carbons (Fsp3) is 0.450. The van der Waals surface area contributed by atoms with E-state index in [9.17, 15) is 4.79 Å². The molecule has 4 heterocycles. The minimum atomic E-state index is -0.136. The van der Waals surface area contributed by atoms with Gasteiger partial charge in [-0.05, 0) is 25.5 Å². The van der Waals surface area contributed by atoms with Gasteiger partial charge >= 0.3 is 6.03 Å². The molecule has 1 atom stereocenters. The number of carbonyl (C=O) groups excluding carboxylic acids is 1. The maximum Gasteiger partial charge on any atom is 0.322 e. The van der Waals surface area contributed by atoms with Crippen LogP contribution in [0.5, 0.6) is 0 Å². The number of nitrogens with two attached hydrogens (primary N) is 1. The van der Waals surface area contributed by atoms with Crippen molar-refractivity contribution in [2.75, 3.05) is 54.6 Å². The Morgan fingerprint density at radius 2 is 2.03 bits per heavy atom. The van der Waals surface area contributed by atoms with Gasteiger partial charge in [0.1, 0.15) is 11.6 Å². The number of aryl methyl sites for hydroxylation is 2. The fourth-order valence-corrected chi connectivity index (χ4v) is 3.81. The van der Waals surface area contributed by atoms with E-state index in [1.54, 1.807) is 17.1 Å². The molecule has 1 fully saturated rings. The first-order valence-electron chi connectivity index (χ1n) is 10.2. The highest BCUT2D eigenvalue weighted by molar-refractivity contribution is 5.91.